The second-order valence-corrected chi connectivity index (χ2v) is 7.45. The zero-order chi connectivity index (χ0) is 20.8. The molecule has 1 atom stereocenters. The van der Waals surface area contributed by atoms with Gasteiger partial charge in [-0.3, -0.25) is 0 Å². The molecule has 0 spiro atoms. The van der Waals surface area contributed by atoms with Crippen LogP contribution in [0.25, 0.3) is 0 Å². The van der Waals surface area contributed by atoms with Crippen molar-refractivity contribution in [2.24, 2.45) is 0 Å². The Kier molecular flexibility index (Phi) is 11.9. The zero-order valence-electron chi connectivity index (χ0n) is 17.3. The van der Waals surface area contributed by atoms with E-state index in [0.717, 1.165) is 25.3 Å². The number of hydrogen-bond acceptors (Lipinski definition) is 2. The largest absolute Gasteiger partial charge is 0.459 e. The standard InChI is InChI=1S/C23H35F3O2/c1-3-5-6-7-8-9-10-11-12-13-16-19(4-2)28-22(27)20-17-14-15-18-21(20)23(24,25)26/h14-15,17-19H,3-13,16H2,1-2H3. The van der Waals surface area contributed by atoms with Gasteiger partial charge in [0.2, 0.25) is 0 Å². The van der Waals surface area contributed by atoms with Gasteiger partial charge in [0.05, 0.1) is 11.1 Å². The van der Waals surface area contributed by atoms with Crippen molar-refractivity contribution in [2.75, 3.05) is 0 Å². The monoisotopic (exact) mass is 400 g/mol. The summed E-state index contributed by atoms with van der Waals surface area (Å²) in [7, 11) is 0. The minimum absolute atomic E-state index is 0.331. The number of rotatable bonds is 14. The van der Waals surface area contributed by atoms with E-state index in [1.807, 2.05) is 6.92 Å². The first-order chi connectivity index (χ1) is 13.4. The lowest BCUT2D eigenvalue weighted by atomic mass is 10.0. The molecule has 0 saturated heterocycles. The molecule has 0 fully saturated rings. The molecule has 5 heteroatoms. The summed E-state index contributed by atoms with van der Waals surface area (Å²) in [4.78, 5) is 12.2. The number of hydrogen-bond donors (Lipinski definition) is 0. The molecule has 0 N–H and O–H groups in total. The highest BCUT2D eigenvalue weighted by molar-refractivity contribution is 5.91. The normalized spacial score (nSPS) is 12.8. The fourth-order valence-corrected chi connectivity index (χ4v) is 3.33. The molecule has 0 aliphatic rings. The van der Waals surface area contributed by atoms with E-state index in [1.165, 1.54) is 63.1 Å². The van der Waals surface area contributed by atoms with E-state index < -0.39 is 23.3 Å². The van der Waals surface area contributed by atoms with Crippen molar-refractivity contribution in [1.82, 2.24) is 0 Å². The Balaban J connectivity index is 2.31. The summed E-state index contributed by atoms with van der Waals surface area (Å²) in [5, 5.41) is 0. The van der Waals surface area contributed by atoms with Crippen LogP contribution >= 0.6 is 0 Å². The molecule has 0 aliphatic carbocycles. The fraction of sp³-hybridized carbons (Fsp3) is 0.696. The molecular weight excluding hydrogens is 365 g/mol. The van der Waals surface area contributed by atoms with E-state index >= 15 is 0 Å². The number of ether oxygens (including phenoxy) is 1. The first-order valence-electron chi connectivity index (χ1n) is 10.8. The van der Waals surface area contributed by atoms with Gasteiger partial charge in [0.15, 0.2) is 0 Å². The molecular formula is C23H35F3O2. The third kappa shape index (κ3) is 9.61. The lowest BCUT2D eigenvalue weighted by molar-refractivity contribution is -0.138. The number of halogens is 3. The van der Waals surface area contributed by atoms with Crippen molar-refractivity contribution in [2.45, 2.75) is 103 Å². The summed E-state index contributed by atoms with van der Waals surface area (Å²) in [5.74, 6) is -0.883. The van der Waals surface area contributed by atoms with Gasteiger partial charge in [0, 0.05) is 0 Å². The van der Waals surface area contributed by atoms with Crippen molar-refractivity contribution < 1.29 is 22.7 Å². The third-order valence-electron chi connectivity index (χ3n) is 5.06. The van der Waals surface area contributed by atoms with Gasteiger partial charge in [-0.2, -0.15) is 13.2 Å². The van der Waals surface area contributed by atoms with Gasteiger partial charge in [-0.25, -0.2) is 4.79 Å². The number of benzene rings is 1. The van der Waals surface area contributed by atoms with E-state index in [9.17, 15) is 18.0 Å². The summed E-state index contributed by atoms with van der Waals surface area (Å²) in [6, 6.07) is 4.80. The highest BCUT2D eigenvalue weighted by Crippen LogP contribution is 2.32. The Morgan fingerprint density at radius 3 is 1.96 bits per heavy atom. The van der Waals surface area contributed by atoms with Crippen LogP contribution in [0, 0.1) is 0 Å². The van der Waals surface area contributed by atoms with E-state index in [1.54, 1.807) is 0 Å². The van der Waals surface area contributed by atoms with Crippen LogP contribution in [-0.2, 0) is 10.9 Å². The topological polar surface area (TPSA) is 26.3 Å². The molecule has 0 aliphatic heterocycles. The van der Waals surface area contributed by atoms with Crippen molar-refractivity contribution in [3.63, 3.8) is 0 Å². The third-order valence-corrected chi connectivity index (χ3v) is 5.06. The van der Waals surface area contributed by atoms with E-state index in [2.05, 4.69) is 6.92 Å². The zero-order valence-corrected chi connectivity index (χ0v) is 17.3. The van der Waals surface area contributed by atoms with E-state index in [4.69, 9.17) is 4.74 Å². The minimum atomic E-state index is -4.56. The van der Waals surface area contributed by atoms with Crippen molar-refractivity contribution >= 4 is 5.97 Å². The summed E-state index contributed by atoms with van der Waals surface area (Å²) in [6.45, 7) is 4.11. The number of carbonyl (C=O) groups is 1. The summed E-state index contributed by atoms with van der Waals surface area (Å²) in [6.07, 6.45) is 8.62. The quantitative estimate of drug-likeness (QED) is 0.234. The Bertz CT molecular complexity index is 555. The Labute approximate surface area is 167 Å². The highest BCUT2D eigenvalue weighted by atomic mass is 19.4. The second-order valence-electron chi connectivity index (χ2n) is 7.45. The summed E-state index contributed by atoms with van der Waals surface area (Å²) < 4.78 is 44.5. The molecule has 160 valence electrons. The van der Waals surface area contributed by atoms with Crippen molar-refractivity contribution in [3.8, 4) is 0 Å². The van der Waals surface area contributed by atoms with Crippen LogP contribution in [0.4, 0.5) is 13.2 Å². The maximum absolute atomic E-state index is 13.1. The smallest absolute Gasteiger partial charge is 0.417 e. The first kappa shape index (κ1) is 24.5. The fourth-order valence-electron chi connectivity index (χ4n) is 3.33. The molecule has 1 rings (SSSR count). The molecule has 0 heterocycles. The predicted octanol–water partition coefficient (Wildman–Crippen LogP) is 7.95. The van der Waals surface area contributed by atoms with Crippen LogP contribution in [0.5, 0.6) is 0 Å². The average molecular weight is 401 g/mol. The first-order valence-corrected chi connectivity index (χ1v) is 10.8. The molecule has 0 amide bonds. The second kappa shape index (κ2) is 13.6. The summed E-state index contributed by atoms with van der Waals surface area (Å²) >= 11 is 0. The van der Waals surface area contributed by atoms with E-state index in [0.29, 0.717) is 12.8 Å². The number of unbranched alkanes of at least 4 members (excludes halogenated alkanes) is 9. The van der Waals surface area contributed by atoms with Gasteiger partial charge in [0.1, 0.15) is 6.10 Å². The molecule has 1 unspecified atom stereocenters. The summed E-state index contributed by atoms with van der Waals surface area (Å²) in [5.41, 5.74) is -1.34. The number of carbonyl (C=O) groups excluding carboxylic acids is 1. The lowest BCUT2D eigenvalue weighted by Crippen LogP contribution is -2.21. The molecule has 1 aromatic rings. The molecule has 2 nitrogen and oxygen atoms in total. The minimum Gasteiger partial charge on any atom is -0.459 e. The SMILES string of the molecule is CCCCCCCCCCCCC(CC)OC(=O)c1ccccc1C(F)(F)F. The van der Waals surface area contributed by atoms with Crippen LogP contribution in [0.2, 0.25) is 0 Å². The van der Waals surface area contributed by atoms with Gasteiger partial charge in [-0.15, -0.1) is 0 Å². The molecule has 0 saturated carbocycles. The van der Waals surface area contributed by atoms with Crippen LogP contribution in [-0.4, -0.2) is 12.1 Å². The maximum atomic E-state index is 13.1. The van der Waals surface area contributed by atoms with Crippen molar-refractivity contribution in [1.29, 1.82) is 0 Å². The molecule has 0 radical (unpaired) electrons. The Morgan fingerprint density at radius 2 is 1.43 bits per heavy atom. The molecule has 0 aromatic heterocycles. The average Bonchev–Trinajstić information content (AvgIpc) is 2.67. The van der Waals surface area contributed by atoms with E-state index in [-0.39, 0.29) is 6.10 Å². The number of alkyl halides is 3. The van der Waals surface area contributed by atoms with Gasteiger partial charge >= 0.3 is 12.1 Å². The van der Waals surface area contributed by atoms with Crippen LogP contribution in [0.15, 0.2) is 24.3 Å². The van der Waals surface area contributed by atoms with Gasteiger partial charge < -0.3 is 4.74 Å². The predicted molar refractivity (Wildman–Crippen MR) is 107 cm³/mol. The lowest BCUT2D eigenvalue weighted by Gasteiger charge is -2.18. The molecule has 28 heavy (non-hydrogen) atoms. The van der Waals surface area contributed by atoms with Crippen LogP contribution in [0.3, 0.4) is 0 Å². The van der Waals surface area contributed by atoms with Crippen molar-refractivity contribution in [3.05, 3.63) is 35.4 Å². The van der Waals surface area contributed by atoms with Gasteiger partial charge in [0.25, 0.3) is 0 Å². The Morgan fingerprint density at radius 1 is 0.893 bits per heavy atom. The van der Waals surface area contributed by atoms with Gasteiger partial charge in [-0.05, 0) is 31.4 Å². The van der Waals surface area contributed by atoms with Gasteiger partial charge in [-0.1, -0.05) is 83.8 Å². The van der Waals surface area contributed by atoms with Crippen LogP contribution < -0.4 is 0 Å². The molecule has 1 aromatic carbocycles. The molecule has 0 bridgehead atoms. The maximum Gasteiger partial charge on any atom is 0.417 e. The van der Waals surface area contributed by atoms with Crippen LogP contribution in [0.1, 0.15) is 107 Å². The number of esters is 1. The Hall–Kier alpha value is -1.52. The highest BCUT2D eigenvalue weighted by Gasteiger charge is 2.35.